The molecule has 0 atom stereocenters. The molecule has 6 nitrogen and oxygen atoms in total. The second-order valence-electron chi connectivity index (χ2n) is 5.41. The van der Waals surface area contributed by atoms with E-state index in [1.54, 1.807) is 0 Å². The maximum atomic E-state index is 13.6. The lowest BCUT2D eigenvalue weighted by Crippen LogP contribution is -2.15. The highest BCUT2D eigenvalue weighted by Gasteiger charge is 2.15. The second kappa shape index (κ2) is 9.49. The third-order valence-electron chi connectivity index (χ3n) is 3.33. The molecular weight excluding hydrogens is 465 g/mol. The molecule has 0 saturated carbocycles. The molecule has 0 bridgehead atoms. The number of amides is 2. The number of benzene rings is 2. The van der Waals surface area contributed by atoms with E-state index < -0.39 is 23.4 Å². The van der Waals surface area contributed by atoms with Crippen LogP contribution in [0, 0.1) is 11.6 Å². The molecular formula is C17H10Cl2F2N4O2S2. The van der Waals surface area contributed by atoms with Crippen LogP contribution in [0.15, 0.2) is 40.7 Å². The first-order valence-corrected chi connectivity index (χ1v) is 10.4. The number of carbonyl (C=O) groups excluding carboxylic acids is 2. The Morgan fingerprint density at radius 3 is 2.59 bits per heavy atom. The van der Waals surface area contributed by atoms with Crippen molar-refractivity contribution in [2.24, 2.45) is 0 Å². The van der Waals surface area contributed by atoms with Crippen LogP contribution in [-0.4, -0.2) is 27.8 Å². The fourth-order valence-electron chi connectivity index (χ4n) is 2.06. The van der Waals surface area contributed by atoms with Crippen molar-refractivity contribution in [3.05, 3.63) is 63.6 Å². The van der Waals surface area contributed by atoms with Crippen LogP contribution in [0.4, 0.5) is 19.6 Å². The largest absolute Gasteiger partial charge is 0.323 e. The minimum Gasteiger partial charge on any atom is -0.323 e. The number of halogens is 4. The Kier molecular flexibility index (Phi) is 7.01. The summed E-state index contributed by atoms with van der Waals surface area (Å²) in [6, 6.07) is 7.31. The monoisotopic (exact) mass is 474 g/mol. The molecule has 0 fully saturated rings. The Hall–Kier alpha value is -2.27. The first kappa shape index (κ1) is 21.4. The van der Waals surface area contributed by atoms with E-state index in [1.165, 1.54) is 18.2 Å². The van der Waals surface area contributed by atoms with E-state index in [1.807, 2.05) is 0 Å². The zero-order valence-electron chi connectivity index (χ0n) is 14.2. The van der Waals surface area contributed by atoms with Gasteiger partial charge in [0.25, 0.3) is 5.91 Å². The zero-order chi connectivity index (χ0) is 21.0. The lowest BCUT2D eigenvalue weighted by atomic mass is 10.2. The molecule has 0 saturated heterocycles. The number of nitrogens with one attached hydrogen (secondary N) is 2. The summed E-state index contributed by atoms with van der Waals surface area (Å²) in [5, 5.41) is 13.4. The fraction of sp³-hybridized carbons (Fsp3) is 0.0588. The van der Waals surface area contributed by atoms with E-state index in [0.717, 1.165) is 35.2 Å². The molecule has 0 aliphatic rings. The third kappa shape index (κ3) is 5.86. The predicted octanol–water partition coefficient (Wildman–Crippen LogP) is 5.11. The summed E-state index contributed by atoms with van der Waals surface area (Å²) in [5.41, 5.74) is 0.100. The number of thioether (sulfide) groups is 1. The molecule has 2 aromatic carbocycles. The quantitative estimate of drug-likeness (QED) is 0.383. The molecule has 29 heavy (non-hydrogen) atoms. The maximum absolute atomic E-state index is 13.6. The Morgan fingerprint density at radius 1 is 1.07 bits per heavy atom. The predicted molar refractivity (Wildman–Crippen MR) is 110 cm³/mol. The van der Waals surface area contributed by atoms with Crippen molar-refractivity contribution in [3.63, 3.8) is 0 Å². The SMILES string of the molecule is O=C(CSc1nnc(NC(=O)c2ccc(Cl)cc2Cl)s1)Nc1ccc(F)cc1F. The molecule has 0 spiro atoms. The summed E-state index contributed by atoms with van der Waals surface area (Å²) >= 11 is 13.9. The molecule has 1 aromatic heterocycles. The number of hydrogen-bond acceptors (Lipinski definition) is 6. The van der Waals surface area contributed by atoms with Crippen LogP contribution in [0.5, 0.6) is 0 Å². The van der Waals surface area contributed by atoms with Crippen LogP contribution >= 0.6 is 46.3 Å². The van der Waals surface area contributed by atoms with Gasteiger partial charge in [0.1, 0.15) is 11.6 Å². The lowest BCUT2D eigenvalue weighted by molar-refractivity contribution is -0.113. The van der Waals surface area contributed by atoms with E-state index in [4.69, 9.17) is 23.2 Å². The van der Waals surface area contributed by atoms with Gasteiger partial charge in [0.05, 0.1) is 22.0 Å². The Balaban J connectivity index is 1.54. The van der Waals surface area contributed by atoms with Gasteiger partial charge in [-0.25, -0.2) is 8.78 Å². The summed E-state index contributed by atoms with van der Waals surface area (Å²) in [5.74, 6) is -2.68. The van der Waals surface area contributed by atoms with E-state index in [9.17, 15) is 18.4 Å². The van der Waals surface area contributed by atoms with Crippen LogP contribution in [0.3, 0.4) is 0 Å². The van der Waals surface area contributed by atoms with Crippen molar-refractivity contribution in [1.82, 2.24) is 10.2 Å². The highest BCUT2D eigenvalue weighted by atomic mass is 35.5. The molecule has 1 heterocycles. The van der Waals surface area contributed by atoms with Crippen LogP contribution in [-0.2, 0) is 4.79 Å². The molecule has 0 radical (unpaired) electrons. The van der Waals surface area contributed by atoms with Crippen molar-refractivity contribution in [2.45, 2.75) is 4.34 Å². The number of carbonyl (C=O) groups is 2. The summed E-state index contributed by atoms with van der Waals surface area (Å²) < 4.78 is 26.8. The first-order valence-electron chi connectivity index (χ1n) is 7.79. The minimum absolute atomic E-state index is 0.0809. The van der Waals surface area contributed by atoms with Gasteiger partial charge in [-0.05, 0) is 30.3 Å². The second-order valence-corrected chi connectivity index (χ2v) is 8.46. The smallest absolute Gasteiger partial charge is 0.259 e. The van der Waals surface area contributed by atoms with Gasteiger partial charge in [-0.3, -0.25) is 14.9 Å². The van der Waals surface area contributed by atoms with E-state index in [2.05, 4.69) is 20.8 Å². The zero-order valence-corrected chi connectivity index (χ0v) is 17.4. The normalized spacial score (nSPS) is 10.6. The molecule has 0 aliphatic heterocycles. The third-order valence-corrected chi connectivity index (χ3v) is 5.85. The summed E-state index contributed by atoms with van der Waals surface area (Å²) in [6.45, 7) is 0. The highest BCUT2D eigenvalue weighted by molar-refractivity contribution is 8.01. The number of nitrogens with zero attached hydrogens (tertiary/aromatic N) is 2. The van der Waals surface area contributed by atoms with Crippen LogP contribution in [0.25, 0.3) is 0 Å². The Bertz CT molecular complexity index is 1080. The first-order chi connectivity index (χ1) is 13.8. The van der Waals surface area contributed by atoms with Crippen LogP contribution in [0.1, 0.15) is 10.4 Å². The molecule has 0 aliphatic carbocycles. The van der Waals surface area contributed by atoms with Crippen LogP contribution < -0.4 is 10.6 Å². The molecule has 3 rings (SSSR count). The fourth-order valence-corrected chi connectivity index (χ4v) is 4.10. The number of hydrogen-bond donors (Lipinski definition) is 2. The van der Waals surface area contributed by atoms with Gasteiger partial charge >= 0.3 is 0 Å². The summed E-state index contributed by atoms with van der Waals surface area (Å²) in [7, 11) is 0. The van der Waals surface area contributed by atoms with E-state index in [0.29, 0.717) is 15.4 Å². The standard InChI is InChI=1S/C17H10Cl2F2N4O2S2/c18-8-1-3-10(11(19)5-8)15(27)23-16-24-25-17(29-16)28-7-14(26)22-13-4-2-9(20)6-12(13)21/h1-6H,7H2,(H,22,26)(H,23,24,27). The Morgan fingerprint density at radius 2 is 1.86 bits per heavy atom. The molecule has 2 N–H and O–H groups in total. The van der Waals surface area contributed by atoms with Crippen molar-refractivity contribution in [1.29, 1.82) is 0 Å². The van der Waals surface area contributed by atoms with Gasteiger partial charge in [0, 0.05) is 11.1 Å². The van der Waals surface area contributed by atoms with Crippen molar-refractivity contribution in [3.8, 4) is 0 Å². The van der Waals surface area contributed by atoms with Crippen molar-refractivity contribution < 1.29 is 18.4 Å². The highest BCUT2D eigenvalue weighted by Crippen LogP contribution is 2.27. The summed E-state index contributed by atoms with van der Waals surface area (Å²) in [4.78, 5) is 24.2. The Labute approximate surface area is 181 Å². The molecule has 150 valence electrons. The topological polar surface area (TPSA) is 84.0 Å². The average Bonchev–Trinajstić information content (AvgIpc) is 3.09. The van der Waals surface area contributed by atoms with E-state index in [-0.39, 0.29) is 27.2 Å². The average molecular weight is 475 g/mol. The van der Waals surface area contributed by atoms with Crippen molar-refractivity contribution in [2.75, 3.05) is 16.4 Å². The van der Waals surface area contributed by atoms with Gasteiger partial charge in [-0.15, -0.1) is 10.2 Å². The number of anilines is 2. The maximum Gasteiger partial charge on any atom is 0.259 e. The van der Waals surface area contributed by atoms with Crippen LogP contribution in [0.2, 0.25) is 10.0 Å². The number of rotatable bonds is 6. The molecule has 12 heteroatoms. The van der Waals surface area contributed by atoms with Gasteiger partial charge in [-0.1, -0.05) is 46.3 Å². The van der Waals surface area contributed by atoms with Gasteiger partial charge in [0.15, 0.2) is 4.34 Å². The van der Waals surface area contributed by atoms with Gasteiger partial charge in [-0.2, -0.15) is 0 Å². The molecule has 2 amide bonds. The van der Waals surface area contributed by atoms with E-state index >= 15 is 0 Å². The minimum atomic E-state index is -0.870. The van der Waals surface area contributed by atoms with Gasteiger partial charge in [0.2, 0.25) is 11.0 Å². The van der Waals surface area contributed by atoms with Crippen molar-refractivity contribution >= 4 is 68.9 Å². The number of aromatic nitrogens is 2. The summed E-state index contributed by atoms with van der Waals surface area (Å²) in [6.07, 6.45) is 0. The molecule has 3 aromatic rings. The lowest BCUT2D eigenvalue weighted by Gasteiger charge is -2.05. The van der Waals surface area contributed by atoms with Gasteiger partial charge < -0.3 is 5.32 Å². The molecule has 0 unspecified atom stereocenters.